The smallest absolute Gasteiger partial charge is 0.259 e. The van der Waals surface area contributed by atoms with Gasteiger partial charge >= 0.3 is 0 Å². The lowest BCUT2D eigenvalue weighted by atomic mass is 10.0. The summed E-state index contributed by atoms with van der Waals surface area (Å²) in [5.41, 5.74) is 11.2. The Morgan fingerprint density at radius 1 is 1.47 bits per heavy atom. The fourth-order valence-electron chi connectivity index (χ4n) is 2.09. The van der Waals surface area contributed by atoms with E-state index in [1.54, 1.807) is 0 Å². The molecule has 2 heterocycles. The van der Waals surface area contributed by atoms with Crippen LogP contribution in [0.5, 0.6) is 0 Å². The number of aromatic amines is 1. The predicted molar refractivity (Wildman–Crippen MR) is 60.9 cm³/mol. The summed E-state index contributed by atoms with van der Waals surface area (Å²) in [7, 11) is 0. The van der Waals surface area contributed by atoms with Gasteiger partial charge in [0.2, 0.25) is 5.91 Å². The van der Waals surface area contributed by atoms with Crippen molar-refractivity contribution in [3.8, 4) is 0 Å². The van der Waals surface area contributed by atoms with Gasteiger partial charge in [0.1, 0.15) is 17.4 Å². The van der Waals surface area contributed by atoms with Crippen LogP contribution in [0.1, 0.15) is 29.6 Å². The van der Waals surface area contributed by atoms with Crippen LogP contribution in [0.25, 0.3) is 0 Å². The Balaban J connectivity index is 2.23. The van der Waals surface area contributed by atoms with E-state index in [0.717, 1.165) is 12.8 Å². The molecule has 92 valence electrons. The number of likely N-dealkylation sites (tertiary alicyclic amines) is 1. The van der Waals surface area contributed by atoms with E-state index in [-0.39, 0.29) is 17.3 Å². The number of nitrogens with zero attached hydrogens (tertiary/aromatic N) is 2. The molecule has 0 aliphatic carbocycles. The zero-order valence-electron chi connectivity index (χ0n) is 9.35. The Hall–Kier alpha value is -2.05. The van der Waals surface area contributed by atoms with Crippen LogP contribution in [-0.2, 0) is 4.79 Å². The number of hydrogen-bond acceptors (Lipinski definition) is 4. The number of hydrogen-bond donors (Lipinski definition) is 3. The molecule has 1 unspecified atom stereocenters. The van der Waals surface area contributed by atoms with Gasteiger partial charge in [0.15, 0.2) is 0 Å². The Morgan fingerprint density at radius 2 is 2.24 bits per heavy atom. The zero-order valence-corrected chi connectivity index (χ0v) is 9.35. The van der Waals surface area contributed by atoms with Crippen molar-refractivity contribution in [2.24, 2.45) is 5.73 Å². The van der Waals surface area contributed by atoms with Crippen molar-refractivity contribution in [2.45, 2.75) is 25.3 Å². The summed E-state index contributed by atoms with van der Waals surface area (Å²) >= 11 is 0. The van der Waals surface area contributed by atoms with E-state index >= 15 is 0 Å². The van der Waals surface area contributed by atoms with Gasteiger partial charge in [-0.2, -0.15) is 5.10 Å². The first-order chi connectivity index (χ1) is 8.11. The number of nitrogen functional groups attached to an aromatic ring is 1. The maximum atomic E-state index is 12.2. The van der Waals surface area contributed by atoms with Crippen molar-refractivity contribution in [3.05, 3.63) is 11.8 Å². The Morgan fingerprint density at radius 3 is 2.82 bits per heavy atom. The number of primary amides is 1. The number of carbonyl (C=O) groups excluding carboxylic acids is 2. The van der Waals surface area contributed by atoms with Gasteiger partial charge in [0.25, 0.3) is 5.91 Å². The van der Waals surface area contributed by atoms with Gasteiger partial charge in [-0.1, -0.05) is 0 Å². The molecule has 17 heavy (non-hydrogen) atoms. The molecule has 7 heteroatoms. The number of amides is 2. The fourth-order valence-corrected chi connectivity index (χ4v) is 2.09. The summed E-state index contributed by atoms with van der Waals surface area (Å²) in [6.07, 6.45) is 3.74. The lowest BCUT2D eigenvalue weighted by molar-refractivity contribution is -0.123. The summed E-state index contributed by atoms with van der Waals surface area (Å²) < 4.78 is 0. The molecule has 0 saturated carbocycles. The van der Waals surface area contributed by atoms with Crippen LogP contribution in [0, 0.1) is 0 Å². The molecule has 1 aliphatic rings. The molecule has 0 spiro atoms. The highest BCUT2D eigenvalue weighted by atomic mass is 16.2. The quantitative estimate of drug-likeness (QED) is 0.640. The number of H-pyrrole nitrogens is 1. The van der Waals surface area contributed by atoms with Crippen molar-refractivity contribution in [1.29, 1.82) is 0 Å². The minimum Gasteiger partial charge on any atom is -0.383 e. The maximum Gasteiger partial charge on any atom is 0.259 e. The van der Waals surface area contributed by atoms with E-state index in [0.29, 0.717) is 13.0 Å². The molecule has 1 saturated heterocycles. The van der Waals surface area contributed by atoms with Crippen molar-refractivity contribution >= 4 is 17.6 Å². The second-order valence-electron chi connectivity index (χ2n) is 4.11. The van der Waals surface area contributed by atoms with E-state index in [1.807, 2.05) is 0 Å². The predicted octanol–water partition coefficient (Wildman–Crippen LogP) is -0.528. The van der Waals surface area contributed by atoms with Crippen LogP contribution < -0.4 is 11.5 Å². The minimum atomic E-state index is -0.537. The molecule has 2 rings (SSSR count). The third-order valence-electron chi connectivity index (χ3n) is 2.99. The number of rotatable bonds is 2. The highest BCUT2D eigenvalue weighted by molar-refractivity contribution is 6.00. The van der Waals surface area contributed by atoms with E-state index in [4.69, 9.17) is 11.5 Å². The topological polar surface area (TPSA) is 118 Å². The van der Waals surface area contributed by atoms with Gasteiger partial charge in [-0.15, -0.1) is 0 Å². The molecule has 0 aromatic carbocycles. The van der Waals surface area contributed by atoms with Gasteiger partial charge < -0.3 is 16.4 Å². The van der Waals surface area contributed by atoms with E-state index in [1.165, 1.54) is 11.1 Å². The summed E-state index contributed by atoms with van der Waals surface area (Å²) in [5, 5.41) is 6.19. The molecule has 1 atom stereocenters. The second kappa shape index (κ2) is 4.44. The molecule has 2 amide bonds. The van der Waals surface area contributed by atoms with Crippen molar-refractivity contribution < 1.29 is 9.59 Å². The van der Waals surface area contributed by atoms with Gasteiger partial charge in [0, 0.05) is 6.54 Å². The number of piperidine rings is 1. The van der Waals surface area contributed by atoms with Crippen LogP contribution in [0.4, 0.5) is 5.82 Å². The minimum absolute atomic E-state index is 0.212. The average Bonchev–Trinajstić information content (AvgIpc) is 2.74. The molecule has 5 N–H and O–H groups in total. The van der Waals surface area contributed by atoms with Gasteiger partial charge in [-0.05, 0) is 19.3 Å². The molecule has 0 bridgehead atoms. The number of aromatic nitrogens is 2. The van der Waals surface area contributed by atoms with Crippen LogP contribution >= 0.6 is 0 Å². The summed E-state index contributed by atoms with van der Waals surface area (Å²) in [5.74, 6) is -0.552. The van der Waals surface area contributed by atoms with E-state index in [2.05, 4.69) is 10.2 Å². The van der Waals surface area contributed by atoms with Gasteiger partial charge in [-0.25, -0.2) is 0 Å². The molecule has 0 radical (unpaired) electrons. The highest BCUT2D eigenvalue weighted by Crippen LogP contribution is 2.20. The monoisotopic (exact) mass is 237 g/mol. The number of carbonyl (C=O) groups is 2. The largest absolute Gasteiger partial charge is 0.383 e. The first-order valence-electron chi connectivity index (χ1n) is 5.50. The van der Waals surface area contributed by atoms with Gasteiger partial charge in [0.05, 0.1) is 6.20 Å². The molecule has 1 aliphatic heterocycles. The van der Waals surface area contributed by atoms with Crippen molar-refractivity contribution in [2.75, 3.05) is 12.3 Å². The Kier molecular flexibility index (Phi) is 2.99. The molecular formula is C10H15N5O2. The Bertz CT molecular complexity index is 442. The third-order valence-corrected chi connectivity index (χ3v) is 2.99. The fraction of sp³-hybridized carbons (Fsp3) is 0.500. The van der Waals surface area contributed by atoms with Gasteiger partial charge in [-0.3, -0.25) is 14.7 Å². The number of nitrogens with one attached hydrogen (secondary N) is 1. The van der Waals surface area contributed by atoms with Crippen LogP contribution in [0.2, 0.25) is 0 Å². The molecule has 1 aromatic rings. The van der Waals surface area contributed by atoms with Crippen LogP contribution in [0.15, 0.2) is 6.20 Å². The zero-order chi connectivity index (χ0) is 12.4. The first-order valence-corrected chi connectivity index (χ1v) is 5.50. The van der Waals surface area contributed by atoms with E-state index in [9.17, 15) is 9.59 Å². The molecular weight excluding hydrogens is 222 g/mol. The van der Waals surface area contributed by atoms with E-state index < -0.39 is 11.9 Å². The number of nitrogens with two attached hydrogens (primary N) is 2. The van der Waals surface area contributed by atoms with Crippen LogP contribution in [-0.4, -0.2) is 39.5 Å². The third kappa shape index (κ3) is 2.08. The molecule has 7 nitrogen and oxygen atoms in total. The average molecular weight is 237 g/mol. The standard InChI is InChI=1S/C10H15N5O2/c11-8-6(5-13-14-8)10(17)15-4-2-1-3-7(15)9(12)16/h5,7H,1-4H2,(H2,12,16)(H3,11,13,14). The lowest BCUT2D eigenvalue weighted by Gasteiger charge is -2.33. The maximum absolute atomic E-state index is 12.2. The van der Waals surface area contributed by atoms with Crippen molar-refractivity contribution in [3.63, 3.8) is 0 Å². The summed E-state index contributed by atoms with van der Waals surface area (Å²) in [4.78, 5) is 25.0. The lowest BCUT2D eigenvalue weighted by Crippen LogP contribution is -2.50. The summed E-state index contributed by atoms with van der Waals surface area (Å²) in [6.45, 7) is 0.525. The van der Waals surface area contributed by atoms with Crippen LogP contribution in [0.3, 0.4) is 0 Å². The molecule has 1 aromatic heterocycles. The number of anilines is 1. The SMILES string of the molecule is NC(=O)C1CCCCN1C(=O)c1cn[nH]c1N. The second-order valence-corrected chi connectivity index (χ2v) is 4.11. The first kappa shape index (κ1) is 11.4. The highest BCUT2D eigenvalue weighted by Gasteiger charge is 2.32. The van der Waals surface area contributed by atoms with Crippen molar-refractivity contribution in [1.82, 2.24) is 15.1 Å². The summed E-state index contributed by atoms with van der Waals surface area (Å²) in [6, 6.07) is -0.537. The Labute approximate surface area is 98.1 Å². The molecule has 1 fully saturated rings. The normalized spacial score (nSPS) is 20.2.